The van der Waals surface area contributed by atoms with Crippen LogP contribution in [0.5, 0.6) is 5.75 Å². The summed E-state index contributed by atoms with van der Waals surface area (Å²) in [7, 11) is 5.64. The molecule has 1 heterocycles. The predicted molar refractivity (Wildman–Crippen MR) is 114 cm³/mol. The molecule has 0 radical (unpaired) electrons. The van der Waals surface area contributed by atoms with Crippen LogP contribution in [-0.4, -0.2) is 50.1 Å². The second kappa shape index (κ2) is 9.69. The number of amides is 1. The summed E-state index contributed by atoms with van der Waals surface area (Å²) in [5.41, 5.74) is 1.81. The first kappa shape index (κ1) is 21.2. The van der Waals surface area contributed by atoms with Gasteiger partial charge in [0.15, 0.2) is 5.13 Å². The fourth-order valence-electron chi connectivity index (χ4n) is 2.68. The van der Waals surface area contributed by atoms with Gasteiger partial charge in [-0.2, -0.15) is 0 Å². The highest BCUT2D eigenvalue weighted by Gasteiger charge is 2.21. The third kappa shape index (κ3) is 5.19. The highest BCUT2D eigenvalue weighted by molar-refractivity contribution is 7.22. The second-order valence-electron chi connectivity index (χ2n) is 6.31. The number of hydrogen-bond acceptors (Lipinski definition) is 5. The number of benzene rings is 2. The third-order valence-corrected chi connectivity index (χ3v) is 5.14. The predicted octanol–water partition coefficient (Wildman–Crippen LogP) is 3.86. The first-order valence-corrected chi connectivity index (χ1v) is 9.32. The average Bonchev–Trinajstić information content (AvgIpc) is 3.06. The molecule has 0 N–H and O–H groups in total. The number of aromatic nitrogens is 1. The third-order valence-electron chi connectivity index (χ3n) is 4.09. The Morgan fingerprint density at radius 3 is 2.48 bits per heavy atom. The Labute approximate surface area is 170 Å². The number of halogens is 1. The van der Waals surface area contributed by atoms with E-state index in [2.05, 4.69) is 4.90 Å². The lowest BCUT2D eigenvalue weighted by Crippen LogP contribution is -2.37. The van der Waals surface area contributed by atoms with Crippen molar-refractivity contribution in [1.29, 1.82) is 0 Å². The van der Waals surface area contributed by atoms with Gasteiger partial charge in [0.05, 0.1) is 18.2 Å². The zero-order valence-electron chi connectivity index (χ0n) is 15.7. The number of hydrogen-bond donors (Lipinski definition) is 0. The Morgan fingerprint density at radius 2 is 1.81 bits per heavy atom. The number of rotatable bonds is 7. The number of para-hydroxylation sites is 1. The summed E-state index contributed by atoms with van der Waals surface area (Å²) in [5, 5.41) is 0.715. The number of anilines is 1. The fourth-order valence-corrected chi connectivity index (χ4v) is 3.71. The summed E-state index contributed by atoms with van der Waals surface area (Å²) < 4.78 is 6.42. The van der Waals surface area contributed by atoms with Crippen LogP contribution in [0.2, 0.25) is 0 Å². The van der Waals surface area contributed by atoms with Gasteiger partial charge in [0.2, 0.25) is 5.91 Å². The van der Waals surface area contributed by atoms with Crippen molar-refractivity contribution < 1.29 is 9.53 Å². The van der Waals surface area contributed by atoms with E-state index < -0.39 is 0 Å². The molecule has 0 unspecified atom stereocenters. The van der Waals surface area contributed by atoms with Gasteiger partial charge in [-0.05, 0) is 31.8 Å². The molecule has 0 saturated carbocycles. The van der Waals surface area contributed by atoms with Crippen molar-refractivity contribution in [2.45, 2.75) is 6.42 Å². The number of fused-ring (bicyclic) bond motifs is 1. The van der Waals surface area contributed by atoms with E-state index in [0.717, 1.165) is 28.1 Å². The molecule has 0 spiro atoms. The van der Waals surface area contributed by atoms with E-state index in [0.29, 0.717) is 18.1 Å². The molecule has 0 fully saturated rings. The fraction of sp³-hybridized carbons (Fsp3) is 0.300. The molecule has 3 rings (SSSR count). The molecule has 144 valence electrons. The summed E-state index contributed by atoms with van der Waals surface area (Å²) in [5.74, 6) is 0.782. The smallest absolute Gasteiger partial charge is 0.233 e. The Hall–Kier alpha value is -2.15. The molecule has 1 aromatic heterocycles. The van der Waals surface area contributed by atoms with Gasteiger partial charge in [-0.25, -0.2) is 4.98 Å². The number of thiazole rings is 1. The average molecular weight is 406 g/mol. The molecule has 1 amide bonds. The quantitative estimate of drug-likeness (QED) is 0.598. The number of carbonyl (C=O) groups excluding carboxylic acids is 1. The van der Waals surface area contributed by atoms with Gasteiger partial charge in [0, 0.05) is 13.1 Å². The van der Waals surface area contributed by atoms with Gasteiger partial charge in [-0.1, -0.05) is 47.7 Å². The molecule has 0 aliphatic heterocycles. The maximum absolute atomic E-state index is 13.0. The first-order chi connectivity index (χ1) is 12.6. The van der Waals surface area contributed by atoms with Crippen molar-refractivity contribution in [2.75, 3.05) is 39.2 Å². The zero-order chi connectivity index (χ0) is 18.5. The standard InChI is InChI=1S/C20H23N3O2S.ClH/c1-22(2)12-13-23(18(24)14-15-8-5-4-6-9-15)20-21-19-16(25-3)10-7-11-17(19)26-20;/h4-11H,12-14H2,1-3H3;1H. The van der Waals surface area contributed by atoms with Crippen LogP contribution in [0.1, 0.15) is 5.56 Å². The van der Waals surface area contributed by atoms with Crippen molar-refractivity contribution in [2.24, 2.45) is 0 Å². The van der Waals surface area contributed by atoms with Crippen LogP contribution in [0.25, 0.3) is 10.2 Å². The molecule has 0 bridgehead atoms. The van der Waals surface area contributed by atoms with E-state index in [-0.39, 0.29) is 18.3 Å². The molecule has 7 heteroatoms. The summed E-state index contributed by atoms with van der Waals surface area (Å²) in [4.78, 5) is 21.6. The molecule has 0 saturated heterocycles. The van der Waals surface area contributed by atoms with Crippen LogP contribution in [0.4, 0.5) is 5.13 Å². The van der Waals surface area contributed by atoms with Crippen molar-refractivity contribution in [1.82, 2.24) is 9.88 Å². The molecule has 2 aromatic carbocycles. The van der Waals surface area contributed by atoms with E-state index in [1.807, 2.05) is 62.6 Å². The van der Waals surface area contributed by atoms with Gasteiger partial charge in [-0.15, -0.1) is 12.4 Å². The zero-order valence-corrected chi connectivity index (χ0v) is 17.3. The summed E-state index contributed by atoms with van der Waals surface area (Å²) in [6.45, 7) is 1.37. The number of likely N-dealkylation sites (N-methyl/N-ethyl adjacent to an activating group) is 1. The lowest BCUT2D eigenvalue weighted by atomic mass is 10.1. The van der Waals surface area contributed by atoms with Gasteiger partial charge >= 0.3 is 0 Å². The van der Waals surface area contributed by atoms with Crippen LogP contribution < -0.4 is 9.64 Å². The van der Waals surface area contributed by atoms with Gasteiger partial charge in [-0.3, -0.25) is 9.69 Å². The molecule has 27 heavy (non-hydrogen) atoms. The van der Waals surface area contributed by atoms with Crippen LogP contribution in [0, 0.1) is 0 Å². The molecule has 0 aliphatic carbocycles. The molecular formula is C20H24ClN3O2S. The molecule has 0 aliphatic rings. The number of ether oxygens (including phenoxy) is 1. The van der Waals surface area contributed by atoms with Crippen LogP contribution in [-0.2, 0) is 11.2 Å². The number of carbonyl (C=O) groups is 1. The topological polar surface area (TPSA) is 45.7 Å². The monoisotopic (exact) mass is 405 g/mol. The van der Waals surface area contributed by atoms with E-state index in [4.69, 9.17) is 9.72 Å². The highest BCUT2D eigenvalue weighted by Crippen LogP contribution is 2.34. The summed E-state index contributed by atoms with van der Waals surface area (Å²) in [6.07, 6.45) is 0.362. The molecular weight excluding hydrogens is 382 g/mol. The highest BCUT2D eigenvalue weighted by atomic mass is 35.5. The Kier molecular flexibility index (Phi) is 7.59. The minimum Gasteiger partial charge on any atom is -0.494 e. The van der Waals surface area contributed by atoms with E-state index >= 15 is 0 Å². The Balaban J connectivity index is 0.00000261. The SMILES string of the molecule is COc1cccc2sc(N(CCN(C)C)C(=O)Cc3ccccc3)nc12.Cl. The largest absolute Gasteiger partial charge is 0.494 e. The van der Waals surface area contributed by atoms with Crippen LogP contribution >= 0.6 is 23.7 Å². The molecule has 0 atom stereocenters. The first-order valence-electron chi connectivity index (χ1n) is 8.51. The molecule has 5 nitrogen and oxygen atoms in total. The Morgan fingerprint density at radius 1 is 1.07 bits per heavy atom. The van der Waals surface area contributed by atoms with E-state index in [9.17, 15) is 4.79 Å². The maximum atomic E-state index is 13.0. The van der Waals surface area contributed by atoms with Gasteiger partial charge in [0.25, 0.3) is 0 Å². The molecule has 3 aromatic rings. The van der Waals surface area contributed by atoms with Crippen LogP contribution in [0.15, 0.2) is 48.5 Å². The second-order valence-corrected chi connectivity index (χ2v) is 7.32. The minimum atomic E-state index is 0. The van der Waals surface area contributed by atoms with Gasteiger partial charge < -0.3 is 9.64 Å². The van der Waals surface area contributed by atoms with E-state index in [1.54, 1.807) is 12.0 Å². The van der Waals surface area contributed by atoms with Crippen molar-refractivity contribution in [3.05, 3.63) is 54.1 Å². The number of nitrogens with zero attached hydrogens (tertiary/aromatic N) is 3. The minimum absolute atomic E-state index is 0. The lowest BCUT2D eigenvalue weighted by molar-refractivity contribution is -0.118. The normalized spacial score (nSPS) is 10.7. The van der Waals surface area contributed by atoms with Crippen LogP contribution in [0.3, 0.4) is 0 Å². The summed E-state index contributed by atoms with van der Waals surface area (Å²) in [6, 6.07) is 15.7. The Bertz CT molecular complexity index is 883. The summed E-state index contributed by atoms with van der Waals surface area (Å²) >= 11 is 1.52. The van der Waals surface area contributed by atoms with Crippen molar-refractivity contribution in [3.8, 4) is 5.75 Å². The van der Waals surface area contributed by atoms with Gasteiger partial charge in [0.1, 0.15) is 11.3 Å². The lowest BCUT2D eigenvalue weighted by Gasteiger charge is -2.22. The number of methoxy groups -OCH3 is 1. The van der Waals surface area contributed by atoms with Crippen molar-refractivity contribution >= 4 is 45.0 Å². The van der Waals surface area contributed by atoms with Crippen molar-refractivity contribution in [3.63, 3.8) is 0 Å². The van der Waals surface area contributed by atoms with E-state index in [1.165, 1.54) is 11.3 Å². The maximum Gasteiger partial charge on any atom is 0.233 e.